The molecule has 0 bridgehead atoms. The topological polar surface area (TPSA) is 114 Å². The van der Waals surface area contributed by atoms with Gasteiger partial charge in [0.1, 0.15) is 10.7 Å². The van der Waals surface area contributed by atoms with Gasteiger partial charge in [0.25, 0.3) is 5.91 Å². The Morgan fingerprint density at radius 3 is 3.00 bits per heavy atom. The third-order valence-corrected chi connectivity index (χ3v) is 2.84. The molecule has 3 N–H and O–H groups in total. The average Bonchev–Trinajstić information content (AvgIpc) is 2.91. The van der Waals surface area contributed by atoms with E-state index in [4.69, 9.17) is 15.7 Å². The summed E-state index contributed by atoms with van der Waals surface area (Å²) in [6, 6.07) is 0. The Morgan fingerprint density at radius 1 is 1.67 bits per heavy atom. The number of nitrogens with two attached hydrogens (primary N) is 1. The van der Waals surface area contributed by atoms with Crippen LogP contribution in [0.3, 0.4) is 0 Å². The summed E-state index contributed by atoms with van der Waals surface area (Å²) in [7, 11) is 1.56. The minimum atomic E-state index is -0.187. The van der Waals surface area contributed by atoms with Crippen molar-refractivity contribution in [2.24, 2.45) is 10.9 Å². The van der Waals surface area contributed by atoms with E-state index in [0.29, 0.717) is 24.6 Å². The van der Waals surface area contributed by atoms with Crippen LogP contribution in [0.1, 0.15) is 16.1 Å². The molecule has 0 aliphatic carbocycles. The molecule has 9 heteroatoms. The van der Waals surface area contributed by atoms with Crippen molar-refractivity contribution in [3.63, 3.8) is 0 Å². The van der Waals surface area contributed by atoms with Crippen LogP contribution in [0.15, 0.2) is 11.4 Å². The minimum absolute atomic E-state index is 0.0765. The molecule has 100 valence electrons. The van der Waals surface area contributed by atoms with Crippen molar-refractivity contribution in [3.05, 3.63) is 11.1 Å². The number of aromatic nitrogens is 2. The molecule has 0 aliphatic heterocycles. The predicted octanol–water partition coefficient (Wildman–Crippen LogP) is -0.237. The fourth-order valence-corrected chi connectivity index (χ4v) is 1.72. The van der Waals surface area contributed by atoms with E-state index in [-0.39, 0.29) is 18.2 Å². The minimum Gasteiger partial charge on any atom is -0.409 e. The maximum absolute atomic E-state index is 12.1. The summed E-state index contributed by atoms with van der Waals surface area (Å²) in [5.41, 5.74) is 5.38. The Bertz CT molecular complexity index is 395. The molecule has 1 rings (SSSR count). The number of rotatable bonds is 7. The first kappa shape index (κ1) is 14.3. The Labute approximate surface area is 108 Å². The maximum Gasteiger partial charge on any atom is 0.267 e. The highest BCUT2D eigenvalue weighted by Crippen LogP contribution is 2.07. The third kappa shape index (κ3) is 4.26. The summed E-state index contributed by atoms with van der Waals surface area (Å²) < 4.78 is 8.58. The summed E-state index contributed by atoms with van der Waals surface area (Å²) in [6.07, 6.45) is 1.70. The fraction of sp³-hybridized carbons (Fsp3) is 0.556. The van der Waals surface area contributed by atoms with Crippen LogP contribution in [0.4, 0.5) is 0 Å². The number of methoxy groups -OCH3 is 1. The number of hydrogen-bond acceptors (Lipinski definition) is 7. The van der Waals surface area contributed by atoms with Crippen LogP contribution < -0.4 is 5.73 Å². The maximum atomic E-state index is 12.1. The quantitative estimate of drug-likeness (QED) is 0.307. The Morgan fingerprint density at radius 2 is 2.44 bits per heavy atom. The highest BCUT2D eigenvalue weighted by atomic mass is 32.1. The number of carbonyl (C=O) groups excluding carboxylic acids is 1. The zero-order valence-corrected chi connectivity index (χ0v) is 10.8. The monoisotopic (exact) mass is 273 g/mol. The average molecular weight is 273 g/mol. The van der Waals surface area contributed by atoms with Crippen LogP contribution >= 0.6 is 11.5 Å². The smallest absolute Gasteiger partial charge is 0.267 e. The molecule has 0 unspecified atom stereocenters. The second-order valence-corrected chi connectivity index (χ2v) is 4.19. The summed E-state index contributed by atoms with van der Waals surface area (Å²) in [6.45, 7) is 1.18. The number of hydrogen-bond donors (Lipinski definition) is 2. The number of oxime groups is 1. The van der Waals surface area contributed by atoms with Gasteiger partial charge in [0.15, 0.2) is 0 Å². The number of ether oxygens (including phenoxy) is 1. The molecule has 0 aromatic carbocycles. The Kier molecular flexibility index (Phi) is 6.01. The molecule has 0 spiro atoms. The predicted molar refractivity (Wildman–Crippen MR) is 65.7 cm³/mol. The summed E-state index contributed by atoms with van der Waals surface area (Å²) in [5.74, 6) is -0.111. The van der Waals surface area contributed by atoms with Crippen molar-refractivity contribution in [1.29, 1.82) is 0 Å². The van der Waals surface area contributed by atoms with E-state index in [1.807, 2.05) is 0 Å². The van der Waals surface area contributed by atoms with E-state index in [0.717, 1.165) is 11.5 Å². The van der Waals surface area contributed by atoms with Gasteiger partial charge in [-0.2, -0.15) is 0 Å². The lowest BCUT2D eigenvalue weighted by molar-refractivity contribution is 0.0705. The molecule has 1 aromatic heterocycles. The molecule has 0 fully saturated rings. The SMILES string of the molecule is COCCN(CCC(N)=NO)C(=O)c1cnns1. The van der Waals surface area contributed by atoms with E-state index in [1.165, 1.54) is 6.20 Å². The van der Waals surface area contributed by atoms with Crippen molar-refractivity contribution in [2.45, 2.75) is 6.42 Å². The van der Waals surface area contributed by atoms with Gasteiger partial charge in [-0.25, -0.2) is 0 Å². The molecule has 0 saturated carbocycles. The van der Waals surface area contributed by atoms with E-state index < -0.39 is 0 Å². The van der Waals surface area contributed by atoms with E-state index in [1.54, 1.807) is 12.0 Å². The van der Waals surface area contributed by atoms with Gasteiger partial charge in [-0.05, 0) is 11.5 Å². The van der Waals surface area contributed by atoms with Gasteiger partial charge < -0.3 is 20.6 Å². The molecule has 0 saturated heterocycles. The molecule has 0 atom stereocenters. The number of carbonyl (C=O) groups is 1. The van der Waals surface area contributed by atoms with Crippen LogP contribution in [0.2, 0.25) is 0 Å². The van der Waals surface area contributed by atoms with Crippen LogP contribution in [-0.2, 0) is 4.74 Å². The zero-order valence-electron chi connectivity index (χ0n) is 9.94. The van der Waals surface area contributed by atoms with Gasteiger partial charge >= 0.3 is 0 Å². The van der Waals surface area contributed by atoms with E-state index in [9.17, 15) is 4.79 Å². The van der Waals surface area contributed by atoms with Crippen LogP contribution in [0, 0.1) is 0 Å². The van der Waals surface area contributed by atoms with Crippen molar-refractivity contribution in [2.75, 3.05) is 26.8 Å². The standard InChI is InChI=1S/C9H15N5O3S/c1-17-5-4-14(3-2-8(10)12-16)9(15)7-6-11-13-18-7/h6,16H,2-5H2,1H3,(H2,10,12). The molecule has 1 heterocycles. The summed E-state index contributed by atoms with van der Waals surface area (Å²) in [4.78, 5) is 14.1. The highest BCUT2D eigenvalue weighted by Gasteiger charge is 2.17. The molecule has 1 amide bonds. The van der Waals surface area contributed by atoms with Gasteiger partial charge in [-0.1, -0.05) is 9.64 Å². The zero-order chi connectivity index (χ0) is 13.4. The number of amidine groups is 1. The number of amides is 1. The lowest BCUT2D eigenvalue weighted by Crippen LogP contribution is -2.36. The Hall–Kier alpha value is -1.74. The van der Waals surface area contributed by atoms with E-state index in [2.05, 4.69) is 14.7 Å². The first-order chi connectivity index (χ1) is 8.69. The van der Waals surface area contributed by atoms with Crippen molar-refractivity contribution in [1.82, 2.24) is 14.5 Å². The van der Waals surface area contributed by atoms with Gasteiger partial charge in [-0.15, -0.1) is 5.10 Å². The second kappa shape index (κ2) is 7.56. The van der Waals surface area contributed by atoms with Crippen LogP contribution in [0.5, 0.6) is 0 Å². The largest absolute Gasteiger partial charge is 0.409 e. The first-order valence-electron chi connectivity index (χ1n) is 5.21. The Balaban J connectivity index is 2.62. The van der Waals surface area contributed by atoms with Gasteiger partial charge in [0, 0.05) is 26.6 Å². The van der Waals surface area contributed by atoms with Gasteiger partial charge in [0.05, 0.1) is 12.8 Å². The number of nitrogens with zero attached hydrogens (tertiary/aromatic N) is 4. The lowest BCUT2D eigenvalue weighted by Gasteiger charge is -2.20. The van der Waals surface area contributed by atoms with Gasteiger partial charge in [-0.3, -0.25) is 4.79 Å². The van der Waals surface area contributed by atoms with Crippen molar-refractivity contribution >= 4 is 23.3 Å². The molecule has 18 heavy (non-hydrogen) atoms. The molecule has 0 aliphatic rings. The normalized spacial score (nSPS) is 11.5. The second-order valence-electron chi connectivity index (χ2n) is 3.41. The van der Waals surface area contributed by atoms with Gasteiger partial charge in [0.2, 0.25) is 0 Å². The van der Waals surface area contributed by atoms with Crippen molar-refractivity contribution in [3.8, 4) is 0 Å². The molecule has 1 aromatic rings. The van der Waals surface area contributed by atoms with Crippen LogP contribution in [-0.4, -0.2) is 58.2 Å². The van der Waals surface area contributed by atoms with Crippen LogP contribution in [0.25, 0.3) is 0 Å². The molecule has 8 nitrogen and oxygen atoms in total. The third-order valence-electron chi connectivity index (χ3n) is 2.19. The summed E-state index contributed by atoms with van der Waals surface area (Å²) in [5, 5.41) is 14.9. The highest BCUT2D eigenvalue weighted by molar-refractivity contribution is 7.07. The molecular weight excluding hydrogens is 258 g/mol. The molecular formula is C9H15N5O3S. The fourth-order valence-electron chi connectivity index (χ4n) is 1.23. The summed E-state index contributed by atoms with van der Waals surface area (Å²) >= 11 is 1.03. The first-order valence-corrected chi connectivity index (χ1v) is 5.98. The van der Waals surface area contributed by atoms with Crippen molar-refractivity contribution < 1.29 is 14.7 Å². The van der Waals surface area contributed by atoms with E-state index >= 15 is 0 Å². The lowest BCUT2D eigenvalue weighted by atomic mass is 10.3. The molecule has 0 radical (unpaired) electrons.